The van der Waals surface area contributed by atoms with Crippen LogP contribution in [-0.2, 0) is 29.0 Å². The smallest absolute Gasteiger partial charge is 0.191 e. The highest BCUT2D eigenvalue weighted by Crippen LogP contribution is 2.14. The Morgan fingerprint density at radius 3 is 2.62 bits per heavy atom. The zero-order valence-corrected chi connectivity index (χ0v) is 17.0. The maximum atomic E-state index is 13.2. The van der Waals surface area contributed by atoms with E-state index in [1.54, 1.807) is 19.2 Å². The van der Waals surface area contributed by atoms with Crippen molar-refractivity contribution in [2.24, 2.45) is 4.99 Å². The molecule has 0 saturated carbocycles. The number of hydrogen-bond acceptors (Lipinski definition) is 3. The van der Waals surface area contributed by atoms with E-state index >= 15 is 0 Å². The molecule has 2 N–H and O–H groups in total. The van der Waals surface area contributed by atoms with E-state index in [4.69, 9.17) is 9.47 Å². The van der Waals surface area contributed by atoms with Gasteiger partial charge in [-0.1, -0.05) is 36.4 Å². The van der Waals surface area contributed by atoms with Crippen LogP contribution in [0.2, 0.25) is 0 Å². The molecule has 0 radical (unpaired) electrons. The number of nitrogens with one attached hydrogen (secondary N) is 2. The quantitative estimate of drug-likeness (QED) is 0.528. The van der Waals surface area contributed by atoms with Gasteiger partial charge >= 0.3 is 0 Å². The highest BCUT2D eigenvalue weighted by molar-refractivity contribution is 5.79. The van der Waals surface area contributed by atoms with Crippen molar-refractivity contribution in [1.29, 1.82) is 0 Å². The lowest BCUT2D eigenvalue weighted by Gasteiger charge is -2.22. The molecule has 0 amide bonds. The highest BCUT2D eigenvalue weighted by Gasteiger charge is 2.14. The van der Waals surface area contributed by atoms with E-state index in [0.29, 0.717) is 25.8 Å². The Morgan fingerprint density at radius 2 is 1.83 bits per heavy atom. The number of rotatable bonds is 8. The van der Waals surface area contributed by atoms with Gasteiger partial charge in [-0.3, -0.25) is 4.99 Å². The predicted octanol–water partition coefficient (Wildman–Crippen LogP) is 3.43. The Labute approximate surface area is 172 Å². The Bertz CT molecular complexity index is 791. The van der Waals surface area contributed by atoms with Crippen LogP contribution in [0.3, 0.4) is 0 Å². The summed E-state index contributed by atoms with van der Waals surface area (Å²) in [7, 11) is 1.75. The standard InChI is InChI=1S/C23H30FN3O2/c1-25-23(26-11-8-18-4-3-7-21(24)15-18)27-16-19-5-2-6-20(14-19)17-29-22-9-12-28-13-10-22/h2-7,14-15,22H,8-13,16-17H2,1H3,(H2,25,26,27). The molecule has 1 fully saturated rings. The summed E-state index contributed by atoms with van der Waals surface area (Å²) in [5.74, 6) is 0.524. The first-order valence-electron chi connectivity index (χ1n) is 10.2. The molecule has 0 spiro atoms. The van der Waals surface area contributed by atoms with E-state index in [9.17, 15) is 4.39 Å². The maximum Gasteiger partial charge on any atom is 0.191 e. The molecule has 1 saturated heterocycles. The number of benzene rings is 2. The van der Waals surface area contributed by atoms with Crippen LogP contribution in [0.25, 0.3) is 0 Å². The Kier molecular flexibility index (Phi) is 8.46. The first-order valence-corrected chi connectivity index (χ1v) is 10.2. The third-order valence-corrected chi connectivity index (χ3v) is 4.92. The number of halogens is 1. The molecule has 0 aromatic heterocycles. The van der Waals surface area contributed by atoms with Gasteiger partial charge in [0.1, 0.15) is 5.82 Å². The fourth-order valence-electron chi connectivity index (χ4n) is 3.31. The summed E-state index contributed by atoms with van der Waals surface area (Å²) in [5, 5.41) is 6.59. The Morgan fingerprint density at radius 1 is 1.07 bits per heavy atom. The second-order valence-electron chi connectivity index (χ2n) is 7.18. The minimum atomic E-state index is -0.203. The molecule has 0 unspecified atom stereocenters. The van der Waals surface area contributed by atoms with Crippen LogP contribution in [-0.4, -0.2) is 38.9 Å². The lowest BCUT2D eigenvalue weighted by Crippen LogP contribution is -2.37. The van der Waals surface area contributed by atoms with Gasteiger partial charge in [0.2, 0.25) is 0 Å². The van der Waals surface area contributed by atoms with Crippen LogP contribution >= 0.6 is 0 Å². The molecule has 2 aromatic carbocycles. The summed E-state index contributed by atoms with van der Waals surface area (Å²) >= 11 is 0. The van der Waals surface area contributed by atoms with E-state index < -0.39 is 0 Å². The minimum absolute atomic E-state index is 0.203. The van der Waals surface area contributed by atoms with Gasteiger partial charge in [-0.25, -0.2) is 4.39 Å². The molecule has 156 valence electrons. The van der Waals surface area contributed by atoms with Crippen LogP contribution in [0.1, 0.15) is 29.5 Å². The summed E-state index contributed by atoms with van der Waals surface area (Å²) in [6.07, 6.45) is 2.97. The molecule has 5 nitrogen and oxygen atoms in total. The zero-order valence-electron chi connectivity index (χ0n) is 17.0. The van der Waals surface area contributed by atoms with Gasteiger partial charge in [0, 0.05) is 33.4 Å². The molecule has 0 atom stereocenters. The van der Waals surface area contributed by atoms with E-state index in [1.165, 1.54) is 17.2 Å². The molecule has 1 heterocycles. The average molecular weight is 400 g/mol. The fourth-order valence-corrected chi connectivity index (χ4v) is 3.31. The summed E-state index contributed by atoms with van der Waals surface area (Å²) in [4.78, 5) is 4.26. The Hall–Kier alpha value is -2.44. The van der Waals surface area contributed by atoms with Gasteiger partial charge in [0.25, 0.3) is 0 Å². The van der Waals surface area contributed by atoms with Gasteiger partial charge in [-0.2, -0.15) is 0 Å². The second kappa shape index (κ2) is 11.5. The molecule has 0 aliphatic carbocycles. The highest BCUT2D eigenvalue weighted by atomic mass is 19.1. The van der Waals surface area contributed by atoms with E-state index in [-0.39, 0.29) is 5.82 Å². The third kappa shape index (κ3) is 7.48. The first kappa shape index (κ1) is 21.3. The maximum absolute atomic E-state index is 13.2. The number of guanidine groups is 1. The molecular weight excluding hydrogens is 369 g/mol. The molecule has 1 aliphatic rings. The second-order valence-corrected chi connectivity index (χ2v) is 7.18. The van der Waals surface area contributed by atoms with E-state index in [2.05, 4.69) is 39.9 Å². The molecule has 2 aromatic rings. The normalized spacial score (nSPS) is 15.3. The molecule has 0 bridgehead atoms. The molecule has 29 heavy (non-hydrogen) atoms. The number of ether oxygens (including phenoxy) is 2. The first-order chi connectivity index (χ1) is 14.2. The van der Waals surface area contributed by atoms with Gasteiger partial charge in [-0.15, -0.1) is 0 Å². The predicted molar refractivity (Wildman–Crippen MR) is 113 cm³/mol. The lowest BCUT2D eigenvalue weighted by molar-refractivity contribution is -0.0390. The fraction of sp³-hybridized carbons (Fsp3) is 0.435. The summed E-state index contributed by atoms with van der Waals surface area (Å²) in [5.41, 5.74) is 3.31. The van der Waals surface area contributed by atoms with Crippen molar-refractivity contribution >= 4 is 5.96 Å². The van der Waals surface area contributed by atoms with E-state index in [1.807, 2.05) is 6.07 Å². The number of hydrogen-bond donors (Lipinski definition) is 2. The molecular formula is C23H30FN3O2. The summed E-state index contributed by atoms with van der Waals surface area (Å²) in [6.45, 7) is 3.56. The number of aliphatic imine (C=N–C) groups is 1. The van der Waals surface area contributed by atoms with Crippen LogP contribution in [0.15, 0.2) is 53.5 Å². The van der Waals surface area contributed by atoms with Crippen molar-refractivity contribution in [1.82, 2.24) is 10.6 Å². The molecule has 1 aliphatic heterocycles. The van der Waals surface area contributed by atoms with Crippen molar-refractivity contribution in [2.45, 2.75) is 38.5 Å². The lowest BCUT2D eigenvalue weighted by atomic mass is 10.1. The minimum Gasteiger partial charge on any atom is -0.381 e. The van der Waals surface area contributed by atoms with Crippen LogP contribution in [0.5, 0.6) is 0 Å². The summed E-state index contributed by atoms with van der Waals surface area (Å²) in [6, 6.07) is 15.1. The summed E-state index contributed by atoms with van der Waals surface area (Å²) < 4.78 is 24.6. The van der Waals surface area contributed by atoms with Gasteiger partial charge in [0.15, 0.2) is 5.96 Å². The van der Waals surface area contributed by atoms with Gasteiger partial charge in [-0.05, 0) is 48.1 Å². The van der Waals surface area contributed by atoms with Gasteiger partial charge in [0.05, 0.1) is 12.7 Å². The van der Waals surface area contributed by atoms with E-state index in [0.717, 1.165) is 44.0 Å². The largest absolute Gasteiger partial charge is 0.381 e. The third-order valence-electron chi connectivity index (χ3n) is 4.92. The van der Waals surface area contributed by atoms with Crippen molar-refractivity contribution in [3.63, 3.8) is 0 Å². The van der Waals surface area contributed by atoms with Crippen LogP contribution < -0.4 is 10.6 Å². The Balaban J connectivity index is 1.41. The monoisotopic (exact) mass is 399 g/mol. The zero-order chi connectivity index (χ0) is 20.3. The van der Waals surface area contributed by atoms with Crippen molar-refractivity contribution in [3.05, 3.63) is 71.0 Å². The van der Waals surface area contributed by atoms with Crippen molar-refractivity contribution in [3.8, 4) is 0 Å². The van der Waals surface area contributed by atoms with Crippen LogP contribution in [0.4, 0.5) is 4.39 Å². The average Bonchev–Trinajstić information content (AvgIpc) is 2.76. The van der Waals surface area contributed by atoms with Crippen molar-refractivity contribution < 1.29 is 13.9 Å². The topological polar surface area (TPSA) is 54.9 Å². The SMILES string of the molecule is CN=C(NCCc1cccc(F)c1)NCc1cccc(COC2CCOCC2)c1. The molecule has 3 rings (SSSR count). The van der Waals surface area contributed by atoms with Gasteiger partial charge < -0.3 is 20.1 Å². The van der Waals surface area contributed by atoms with Crippen LogP contribution in [0, 0.1) is 5.82 Å². The van der Waals surface area contributed by atoms with Crippen molar-refractivity contribution in [2.75, 3.05) is 26.8 Å². The molecule has 6 heteroatoms. The number of nitrogens with zero attached hydrogens (tertiary/aromatic N) is 1.